The maximum atomic E-state index is 5.95. The van der Waals surface area contributed by atoms with Crippen molar-refractivity contribution in [3.05, 3.63) is 18.6 Å². The van der Waals surface area contributed by atoms with E-state index in [4.69, 9.17) is 10.5 Å². The topological polar surface area (TPSA) is 61.0 Å². The Morgan fingerprint density at radius 1 is 1.29 bits per heavy atom. The molecule has 14 heavy (non-hydrogen) atoms. The highest BCUT2D eigenvalue weighted by Crippen LogP contribution is 2.20. The maximum Gasteiger partial charge on any atom is 0.232 e. The van der Waals surface area contributed by atoms with Gasteiger partial charge in [0.2, 0.25) is 5.88 Å². The molecule has 0 aliphatic heterocycles. The molecule has 2 rings (SSSR count). The summed E-state index contributed by atoms with van der Waals surface area (Å²) in [7, 11) is 0. The molecule has 1 aliphatic rings. The van der Waals surface area contributed by atoms with Gasteiger partial charge in [-0.3, -0.25) is 4.98 Å². The summed E-state index contributed by atoms with van der Waals surface area (Å²) in [6.07, 6.45) is 9.47. The van der Waals surface area contributed by atoms with E-state index in [1.54, 1.807) is 18.6 Å². The zero-order valence-electron chi connectivity index (χ0n) is 8.10. The first kappa shape index (κ1) is 9.40. The molecule has 1 saturated carbocycles. The maximum absolute atomic E-state index is 5.95. The molecule has 1 aliphatic carbocycles. The van der Waals surface area contributed by atoms with Crippen molar-refractivity contribution in [3.8, 4) is 5.88 Å². The highest BCUT2D eigenvalue weighted by Gasteiger charge is 2.23. The van der Waals surface area contributed by atoms with Crippen molar-refractivity contribution in [3.63, 3.8) is 0 Å². The van der Waals surface area contributed by atoms with Crippen LogP contribution in [0.1, 0.15) is 25.7 Å². The fourth-order valence-corrected chi connectivity index (χ4v) is 1.77. The summed E-state index contributed by atoms with van der Waals surface area (Å²) < 4.78 is 5.67. The van der Waals surface area contributed by atoms with Crippen LogP contribution in [0.25, 0.3) is 0 Å². The summed E-state index contributed by atoms with van der Waals surface area (Å²) in [6, 6.07) is 0.144. The highest BCUT2D eigenvalue weighted by atomic mass is 16.5. The van der Waals surface area contributed by atoms with Gasteiger partial charge < -0.3 is 10.5 Å². The third-order valence-corrected chi connectivity index (χ3v) is 2.57. The molecule has 0 spiro atoms. The SMILES string of the molecule is N[C@@H]1CCCC[C@H]1Oc1cnccn1. The van der Waals surface area contributed by atoms with Gasteiger partial charge in [0.25, 0.3) is 0 Å². The number of nitrogens with zero attached hydrogens (tertiary/aromatic N) is 2. The van der Waals surface area contributed by atoms with Crippen LogP contribution in [0.5, 0.6) is 5.88 Å². The van der Waals surface area contributed by atoms with Crippen molar-refractivity contribution < 1.29 is 4.74 Å². The second-order valence-corrected chi connectivity index (χ2v) is 3.65. The van der Waals surface area contributed by atoms with Crippen molar-refractivity contribution >= 4 is 0 Å². The Morgan fingerprint density at radius 2 is 2.14 bits per heavy atom. The number of rotatable bonds is 2. The third-order valence-electron chi connectivity index (χ3n) is 2.57. The quantitative estimate of drug-likeness (QED) is 0.764. The van der Waals surface area contributed by atoms with Crippen molar-refractivity contribution in [2.24, 2.45) is 5.73 Å². The van der Waals surface area contributed by atoms with Crippen LogP contribution in [0.3, 0.4) is 0 Å². The van der Waals surface area contributed by atoms with Crippen LogP contribution >= 0.6 is 0 Å². The second kappa shape index (κ2) is 4.37. The first-order chi connectivity index (χ1) is 6.86. The Morgan fingerprint density at radius 3 is 2.86 bits per heavy atom. The normalized spacial score (nSPS) is 27.2. The Kier molecular flexibility index (Phi) is 2.93. The molecule has 1 aromatic heterocycles. The van der Waals surface area contributed by atoms with Gasteiger partial charge in [0.1, 0.15) is 6.10 Å². The summed E-state index contributed by atoms with van der Waals surface area (Å²) in [5.41, 5.74) is 5.95. The minimum Gasteiger partial charge on any atom is -0.472 e. The zero-order valence-corrected chi connectivity index (χ0v) is 8.10. The van der Waals surface area contributed by atoms with Crippen molar-refractivity contribution in [2.45, 2.75) is 37.8 Å². The number of ether oxygens (including phenoxy) is 1. The first-order valence-electron chi connectivity index (χ1n) is 5.04. The average Bonchev–Trinajstić information content (AvgIpc) is 2.23. The van der Waals surface area contributed by atoms with Gasteiger partial charge >= 0.3 is 0 Å². The standard InChI is InChI=1S/C10H15N3O/c11-8-3-1-2-4-9(8)14-10-7-12-5-6-13-10/h5-9H,1-4,11H2/t8-,9-/m1/s1. The Labute approximate surface area is 83.5 Å². The largest absolute Gasteiger partial charge is 0.472 e. The Bertz CT molecular complexity index is 278. The predicted molar refractivity (Wildman–Crippen MR) is 52.9 cm³/mol. The molecule has 4 heteroatoms. The lowest BCUT2D eigenvalue weighted by Gasteiger charge is -2.28. The van der Waals surface area contributed by atoms with E-state index in [1.165, 1.54) is 12.8 Å². The van der Waals surface area contributed by atoms with Crippen LogP contribution in [0.2, 0.25) is 0 Å². The molecule has 0 bridgehead atoms. The summed E-state index contributed by atoms with van der Waals surface area (Å²) in [6.45, 7) is 0. The lowest BCUT2D eigenvalue weighted by Crippen LogP contribution is -2.41. The lowest BCUT2D eigenvalue weighted by molar-refractivity contribution is 0.126. The van der Waals surface area contributed by atoms with Crippen molar-refractivity contribution in [1.29, 1.82) is 0 Å². The van der Waals surface area contributed by atoms with Gasteiger partial charge in [-0.15, -0.1) is 0 Å². The van der Waals surface area contributed by atoms with E-state index in [1.807, 2.05) is 0 Å². The molecular formula is C10H15N3O. The smallest absolute Gasteiger partial charge is 0.232 e. The fraction of sp³-hybridized carbons (Fsp3) is 0.600. The van der Waals surface area contributed by atoms with Crippen molar-refractivity contribution in [2.75, 3.05) is 0 Å². The number of nitrogens with two attached hydrogens (primary N) is 1. The van der Waals surface area contributed by atoms with Crippen LogP contribution in [-0.2, 0) is 0 Å². The zero-order chi connectivity index (χ0) is 9.80. The molecule has 0 aromatic carbocycles. The molecule has 1 fully saturated rings. The van der Waals surface area contributed by atoms with Crippen LogP contribution in [0.4, 0.5) is 0 Å². The number of hydrogen-bond acceptors (Lipinski definition) is 4. The molecule has 1 aromatic rings. The summed E-state index contributed by atoms with van der Waals surface area (Å²) in [5.74, 6) is 0.579. The van der Waals surface area contributed by atoms with Gasteiger partial charge in [0, 0.05) is 18.4 Å². The first-order valence-corrected chi connectivity index (χ1v) is 5.04. The van der Waals surface area contributed by atoms with E-state index < -0.39 is 0 Å². The molecule has 0 unspecified atom stereocenters. The van der Waals surface area contributed by atoms with Gasteiger partial charge in [-0.05, 0) is 19.3 Å². The number of aromatic nitrogens is 2. The summed E-state index contributed by atoms with van der Waals surface area (Å²) in [5, 5.41) is 0. The second-order valence-electron chi connectivity index (χ2n) is 3.65. The van der Waals surface area contributed by atoms with E-state index in [0.717, 1.165) is 12.8 Å². The van der Waals surface area contributed by atoms with Crippen LogP contribution in [0, 0.1) is 0 Å². The van der Waals surface area contributed by atoms with E-state index in [2.05, 4.69) is 9.97 Å². The van der Waals surface area contributed by atoms with Gasteiger partial charge in [-0.2, -0.15) is 0 Å². The monoisotopic (exact) mass is 193 g/mol. The van der Waals surface area contributed by atoms with E-state index in [0.29, 0.717) is 5.88 Å². The minimum absolute atomic E-state index is 0.112. The molecule has 4 nitrogen and oxygen atoms in total. The van der Waals surface area contributed by atoms with Crippen LogP contribution in [0.15, 0.2) is 18.6 Å². The predicted octanol–water partition coefficient (Wildman–Crippen LogP) is 1.13. The van der Waals surface area contributed by atoms with Gasteiger partial charge in [-0.1, -0.05) is 6.42 Å². The molecule has 0 saturated heterocycles. The van der Waals surface area contributed by atoms with E-state index in [-0.39, 0.29) is 12.1 Å². The van der Waals surface area contributed by atoms with E-state index >= 15 is 0 Å². The van der Waals surface area contributed by atoms with Gasteiger partial charge in [0.15, 0.2) is 0 Å². The summed E-state index contributed by atoms with van der Waals surface area (Å²) in [4.78, 5) is 8.01. The van der Waals surface area contributed by atoms with Gasteiger partial charge in [0.05, 0.1) is 6.20 Å². The van der Waals surface area contributed by atoms with Gasteiger partial charge in [-0.25, -0.2) is 4.98 Å². The molecule has 2 N–H and O–H groups in total. The highest BCUT2D eigenvalue weighted by molar-refractivity contribution is 5.03. The third kappa shape index (κ3) is 2.20. The molecule has 2 atom stereocenters. The molecular weight excluding hydrogens is 178 g/mol. The molecule has 1 heterocycles. The summed E-state index contributed by atoms with van der Waals surface area (Å²) >= 11 is 0. The number of hydrogen-bond donors (Lipinski definition) is 1. The lowest BCUT2D eigenvalue weighted by atomic mass is 9.93. The Balaban J connectivity index is 1.96. The van der Waals surface area contributed by atoms with Crippen molar-refractivity contribution in [1.82, 2.24) is 9.97 Å². The van der Waals surface area contributed by atoms with Crippen LogP contribution in [-0.4, -0.2) is 22.1 Å². The molecule has 0 radical (unpaired) electrons. The molecule has 76 valence electrons. The fourth-order valence-electron chi connectivity index (χ4n) is 1.77. The minimum atomic E-state index is 0.112. The van der Waals surface area contributed by atoms with Crippen LogP contribution < -0.4 is 10.5 Å². The molecule has 0 amide bonds. The van der Waals surface area contributed by atoms with E-state index in [9.17, 15) is 0 Å². The Hall–Kier alpha value is -1.16. The average molecular weight is 193 g/mol.